The fourth-order valence-electron chi connectivity index (χ4n) is 2.80. The van der Waals surface area contributed by atoms with Crippen molar-refractivity contribution in [3.8, 4) is 0 Å². The molecule has 1 unspecified atom stereocenters. The largest absolute Gasteiger partial charge is 0.399 e. The Kier molecular flexibility index (Phi) is 7.66. The number of halogens is 2. The van der Waals surface area contributed by atoms with Gasteiger partial charge in [0.1, 0.15) is 5.69 Å². The topological polar surface area (TPSA) is 97.1 Å². The van der Waals surface area contributed by atoms with Crippen LogP contribution in [0.3, 0.4) is 0 Å². The normalized spacial score (nSPS) is 15.2. The molecular formula is C16H20Cl2N4O2S. The lowest BCUT2D eigenvalue weighted by Crippen LogP contribution is -2.31. The van der Waals surface area contributed by atoms with Gasteiger partial charge in [0.15, 0.2) is 5.13 Å². The van der Waals surface area contributed by atoms with Gasteiger partial charge in [0.25, 0.3) is 5.91 Å². The predicted octanol–water partition coefficient (Wildman–Crippen LogP) is 3.33. The van der Waals surface area contributed by atoms with Crippen LogP contribution in [0.15, 0.2) is 23.6 Å². The van der Waals surface area contributed by atoms with Gasteiger partial charge < -0.3 is 16.4 Å². The van der Waals surface area contributed by atoms with Gasteiger partial charge in [0.2, 0.25) is 5.91 Å². The maximum absolute atomic E-state index is 12.4. The van der Waals surface area contributed by atoms with E-state index in [0.29, 0.717) is 10.8 Å². The van der Waals surface area contributed by atoms with Crippen molar-refractivity contribution in [3.63, 3.8) is 0 Å². The summed E-state index contributed by atoms with van der Waals surface area (Å²) < 4.78 is 0. The first-order valence-electron chi connectivity index (χ1n) is 7.45. The van der Waals surface area contributed by atoms with Crippen molar-refractivity contribution >= 4 is 58.8 Å². The third-order valence-electron chi connectivity index (χ3n) is 3.81. The van der Waals surface area contributed by atoms with Gasteiger partial charge in [-0.25, -0.2) is 4.98 Å². The van der Waals surface area contributed by atoms with Gasteiger partial charge >= 0.3 is 0 Å². The van der Waals surface area contributed by atoms with Crippen molar-refractivity contribution < 1.29 is 9.59 Å². The number of hydrogen-bond acceptors (Lipinski definition) is 5. The van der Waals surface area contributed by atoms with Crippen LogP contribution in [0, 0.1) is 0 Å². The summed E-state index contributed by atoms with van der Waals surface area (Å²) >= 11 is 1.24. The van der Waals surface area contributed by atoms with Crippen molar-refractivity contribution in [3.05, 3.63) is 40.4 Å². The molecule has 1 aliphatic rings. The molecule has 4 N–H and O–H groups in total. The number of nitrogen functional groups attached to an aromatic ring is 1. The molecule has 0 bridgehead atoms. The average molecular weight is 403 g/mol. The van der Waals surface area contributed by atoms with Crippen molar-refractivity contribution in [2.24, 2.45) is 0 Å². The zero-order chi connectivity index (χ0) is 16.4. The maximum Gasteiger partial charge on any atom is 0.271 e. The van der Waals surface area contributed by atoms with Crippen LogP contribution in [0.5, 0.6) is 0 Å². The Bertz CT molecular complexity index is 766. The molecule has 2 amide bonds. The molecule has 0 radical (unpaired) electrons. The van der Waals surface area contributed by atoms with Crippen LogP contribution in [-0.4, -0.2) is 16.8 Å². The number of aryl methyl sites for hydroxylation is 1. The number of hydrogen-bond donors (Lipinski definition) is 3. The summed E-state index contributed by atoms with van der Waals surface area (Å²) in [4.78, 5) is 27.5. The van der Waals surface area contributed by atoms with Crippen LogP contribution in [-0.2, 0) is 11.2 Å². The molecule has 0 aliphatic heterocycles. The fourth-order valence-corrected chi connectivity index (χ4v) is 3.54. The number of carbonyl (C=O) groups is 2. The molecule has 0 spiro atoms. The highest BCUT2D eigenvalue weighted by Gasteiger charge is 2.23. The molecule has 3 rings (SSSR count). The van der Waals surface area contributed by atoms with Crippen LogP contribution >= 0.6 is 36.2 Å². The smallest absolute Gasteiger partial charge is 0.271 e. The number of nitrogens with two attached hydrogens (primary N) is 1. The zero-order valence-electron chi connectivity index (χ0n) is 13.6. The SMILES string of the molecule is CC(=O)Nc1nc(C(=O)NC2CCCc3cc(N)ccc32)cs1.Cl.Cl. The summed E-state index contributed by atoms with van der Waals surface area (Å²) in [7, 11) is 0. The van der Waals surface area contributed by atoms with Gasteiger partial charge in [-0.2, -0.15) is 0 Å². The van der Waals surface area contributed by atoms with Crippen molar-refractivity contribution in [2.45, 2.75) is 32.2 Å². The summed E-state index contributed by atoms with van der Waals surface area (Å²) in [5.74, 6) is -0.433. The second kappa shape index (κ2) is 9.03. The third kappa shape index (κ3) is 5.07. The third-order valence-corrected chi connectivity index (χ3v) is 4.56. The minimum atomic E-state index is -0.229. The Balaban J connectivity index is 0.00000156. The Labute approximate surface area is 162 Å². The van der Waals surface area contributed by atoms with E-state index >= 15 is 0 Å². The molecule has 25 heavy (non-hydrogen) atoms. The van der Waals surface area contributed by atoms with Crippen molar-refractivity contribution in [2.75, 3.05) is 11.1 Å². The molecule has 1 aliphatic carbocycles. The first kappa shape index (κ1) is 21.2. The molecule has 6 nitrogen and oxygen atoms in total. The van der Waals surface area contributed by atoms with Gasteiger partial charge in [0.05, 0.1) is 6.04 Å². The number of nitrogens with one attached hydrogen (secondary N) is 2. The molecule has 1 aromatic heterocycles. The molecule has 136 valence electrons. The van der Waals surface area contributed by atoms with Gasteiger partial charge in [-0.3, -0.25) is 9.59 Å². The quantitative estimate of drug-likeness (QED) is 0.685. The lowest BCUT2D eigenvalue weighted by atomic mass is 9.87. The van der Waals surface area contributed by atoms with E-state index in [1.165, 1.54) is 23.8 Å². The van der Waals surface area contributed by atoms with Crippen molar-refractivity contribution in [1.82, 2.24) is 10.3 Å². The van der Waals surface area contributed by atoms with E-state index in [1.807, 2.05) is 18.2 Å². The monoisotopic (exact) mass is 402 g/mol. The van der Waals surface area contributed by atoms with E-state index in [9.17, 15) is 9.59 Å². The Hall–Kier alpha value is -1.83. The van der Waals surface area contributed by atoms with Crippen LogP contribution in [0.2, 0.25) is 0 Å². The number of nitrogens with zero attached hydrogens (tertiary/aromatic N) is 1. The molecule has 1 heterocycles. The second-order valence-electron chi connectivity index (χ2n) is 5.60. The van der Waals surface area contributed by atoms with Gasteiger partial charge in [-0.05, 0) is 42.5 Å². The molecular weight excluding hydrogens is 383 g/mol. The average Bonchev–Trinajstić information content (AvgIpc) is 2.95. The highest BCUT2D eigenvalue weighted by Crippen LogP contribution is 2.31. The first-order chi connectivity index (χ1) is 11.0. The number of benzene rings is 1. The van der Waals surface area contributed by atoms with Crippen LogP contribution in [0.25, 0.3) is 0 Å². The summed E-state index contributed by atoms with van der Waals surface area (Å²) in [6.45, 7) is 1.41. The van der Waals surface area contributed by atoms with E-state index in [2.05, 4.69) is 15.6 Å². The number of rotatable bonds is 3. The van der Waals surface area contributed by atoms with E-state index in [-0.39, 0.29) is 42.7 Å². The zero-order valence-corrected chi connectivity index (χ0v) is 16.0. The van der Waals surface area contributed by atoms with Crippen molar-refractivity contribution in [1.29, 1.82) is 0 Å². The molecule has 2 aromatic rings. The molecule has 0 saturated heterocycles. The van der Waals surface area contributed by atoms with Crippen LogP contribution in [0.1, 0.15) is 47.4 Å². The number of carbonyl (C=O) groups excluding carboxylic acids is 2. The highest BCUT2D eigenvalue weighted by atomic mass is 35.5. The second-order valence-corrected chi connectivity index (χ2v) is 6.45. The summed E-state index contributed by atoms with van der Waals surface area (Å²) in [5, 5.41) is 7.69. The standard InChI is InChI=1S/C16H18N4O2S.2ClH/c1-9(21)18-16-20-14(8-23-16)15(22)19-13-4-2-3-10-7-11(17)5-6-12(10)13;;/h5-8,13H,2-4,17H2,1H3,(H,19,22)(H,18,20,21);2*1H. The highest BCUT2D eigenvalue weighted by molar-refractivity contribution is 7.14. The van der Waals surface area contributed by atoms with E-state index < -0.39 is 0 Å². The number of amides is 2. The molecule has 1 atom stereocenters. The minimum Gasteiger partial charge on any atom is -0.399 e. The van der Waals surface area contributed by atoms with Gasteiger partial charge in [0, 0.05) is 18.0 Å². The van der Waals surface area contributed by atoms with Crippen LogP contribution in [0.4, 0.5) is 10.8 Å². The predicted molar refractivity (Wildman–Crippen MR) is 105 cm³/mol. The van der Waals surface area contributed by atoms with E-state index in [0.717, 1.165) is 30.5 Å². The van der Waals surface area contributed by atoms with Gasteiger partial charge in [-0.15, -0.1) is 36.2 Å². The fraction of sp³-hybridized carbons (Fsp3) is 0.312. The number of aromatic nitrogens is 1. The summed E-state index contributed by atoms with van der Waals surface area (Å²) in [6, 6.07) is 5.79. The molecule has 9 heteroatoms. The van der Waals surface area contributed by atoms with E-state index in [4.69, 9.17) is 5.73 Å². The number of fused-ring (bicyclic) bond motifs is 1. The number of anilines is 2. The Morgan fingerprint density at radius 2 is 2.08 bits per heavy atom. The summed E-state index contributed by atoms with van der Waals surface area (Å²) in [6.07, 6.45) is 2.89. The Morgan fingerprint density at radius 1 is 1.32 bits per heavy atom. The van der Waals surface area contributed by atoms with Gasteiger partial charge in [-0.1, -0.05) is 6.07 Å². The lowest BCUT2D eigenvalue weighted by molar-refractivity contribution is -0.114. The van der Waals surface area contributed by atoms with E-state index in [1.54, 1.807) is 5.38 Å². The molecule has 0 fully saturated rings. The summed E-state index contributed by atoms with van der Waals surface area (Å²) in [5.41, 5.74) is 9.21. The van der Waals surface area contributed by atoms with Crippen LogP contribution < -0.4 is 16.4 Å². The molecule has 1 aromatic carbocycles. The minimum absolute atomic E-state index is 0. The Morgan fingerprint density at radius 3 is 2.80 bits per heavy atom. The molecule has 0 saturated carbocycles. The lowest BCUT2D eigenvalue weighted by Gasteiger charge is -2.26. The maximum atomic E-state index is 12.4. The first-order valence-corrected chi connectivity index (χ1v) is 8.33. The number of thiazole rings is 1.